The molecule has 0 spiro atoms. The van der Waals surface area contributed by atoms with Gasteiger partial charge in [-0.25, -0.2) is 4.68 Å². The first-order valence-corrected chi connectivity index (χ1v) is 8.40. The molecule has 1 N–H and O–H groups in total. The Balaban J connectivity index is 1.79. The summed E-state index contributed by atoms with van der Waals surface area (Å²) in [5.41, 5.74) is 0.963. The maximum atomic E-state index is 12.9. The molecule has 0 atom stereocenters. The van der Waals surface area contributed by atoms with Crippen molar-refractivity contribution in [3.63, 3.8) is 0 Å². The van der Waals surface area contributed by atoms with E-state index >= 15 is 0 Å². The third-order valence-electron chi connectivity index (χ3n) is 4.02. The predicted molar refractivity (Wildman–Crippen MR) is 91.8 cm³/mol. The monoisotopic (exact) mass is 362 g/mol. The number of nitrogens with one attached hydrogen (secondary N) is 1. The van der Waals surface area contributed by atoms with Gasteiger partial charge in [0, 0.05) is 32.9 Å². The maximum absolute atomic E-state index is 12.9. The third-order valence-corrected chi connectivity index (χ3v) is 4.02. The number of nitrogens with zero attached hydrogens (tertiary/aromatic N) is 5. The highest BCUT2D eigenvalue weighted by atomic mass is 16.5. The second-order valence-corrected chi connectivity index (χ2v) is 5.74. The second kappa shape index (κ2) is 8.11. The molecule has 0 saturated carbocycles. The predicted octanol–water partition coefficient (Wildman–Crippen LogP) is 0.428. The molecule has 0 aromatic carbocycles. The largest absolute Gasteiger partial charge is 0.378 e. The van der Waals surface area contributed by atoms with Gasteiger partial charge in [-0.3, -0.25) is 14.3 Å². The number of amides is 2. The van der Waals surface area contributed by atoms with Crippen molar-refractivity contribution in [1.82, 2.24) is 24.5 Å². The van der Waals surface area contributed by atoms with Crippen LogP contribution in [0.15, 0.2) is 18.5 Å². The van der Waals surface area contributed by atoms with Gasteiger partial charge in [0.25, 0.3) is 11.8 Å². The Morgan fingerprint density at radius 3 is 2.81 bits per heavy atom. The fourth-order valence-corrected chi connectivity index (χ4v) is 2.73. The standard InChI is InChI=1S/C16H22N6O4/c1-3-22-14(16(24)20-6-8-26-9-7-20)13(10-17-22)18-15(23)12-4-5-21(19-12)11-25-2/h4-5,10H,3,6-9,11H2,1-2H3,(H,18,23). The lowest BCUT2D eigenvalue weighted by Crippen LogP contribution is -2.41. The molecule has 0 bridgehead atoms. The average molecular weight is 362 g/mol. The van der Waals surface area contributed by atoms with E-state index in [1.54, 1.807) is 29.0 Å². The topological polar surface area (TPSA) is 104 Å². The Morgan fingerprint density at radius 1 is 1.35 bits per heavy atom. The lowest BCUT2D eigenvalue weighted by Gasteiger charge is -2.27. The molecule has 1 fully saturated rings. The molecule has 10 nitrogen and oxygen atoms in total. The maximum Gasteiger partial charge on any atom is 0.276 e. The number of aromatic nitrogens is 4. The Labute approximate surface area is 150 Å². The van der Waals surface area contributed by atoms with Gasteiger partial charge in [0.1, 0.15) is 12.4 Å². The van der Waals surface area contributed by atoms with Crippen molar-refractivity contribution in [2.75, 3.05) is 38.7 Å². The van der Waals surface area contributed by atoms with Crippen molar-refractivity contribution in [2.24, 2.45) is 0 Å². The van der Waals surface area contributed by atoms with Crippen LogP contribution in [0.5, 0.6) is 0 Å². The van der Waals surface area contributed by atoms with Crippen LogP contribution in [0.2, 0.25) is 0 Å². The molecule has 26 heavy (non-hydrogen) atoms. The minimum absolute atomic E-state index is 0.173. The molecular weight excluding hydrogens is 340 g/mol. The minimum Gasteiger partial charge on any atom is -0.378 e. The van der Waals surface area contributed by atoms with Crippen molar-refractivity contribution in [2.45, 2.75) is 20.2 Å². The lowest BCUT2D eigenvalue weighted by atomic mass is 10.2. The molecule has 2 aromatic heterocycles. The van der Waals surface area contributed by atoms with Crippen LogP contribution in [-0.4, -0.2) is 69.7 Å². The van der Waals surface area contributed by atoms with Crippen LogP contribution in [0, 0.1) is 0 Å². The zero-order chi connectivity index (χ0) is 18.5. The molecule has 10 heteroatoms. The quantitative estimate of drug-likeness (QED) is 0.799. The number of methoxy groups -OCH3 is 1. The van der Waals surface area contributed by atoms with E-state index in [0.717, 1.165) is 0 Å². The van der Waals surface area contributed by atoms with Crippen LogP contribution in [-0.2, 0) is 22.7 Å². The highest BCUT2D eigenvalue weighted by Crippen LogP contribution is 2.19. The van der Waals surface area contributed by atoms with Gasteiger partial charge < -0.3 is 19.7 Å². The van der Waals surface area contributed by atoms with E-state index in [1.165, 1.54) is 10.9 Å². The molecule has 2 aromatic rings. The van der Waals surface area contributed by atoms with Gasteiger partial charge in [0.2, 0.25) is 0 Å². The highest BCUT2D eigenvalue weighted by Gasteiger charge is 2.26. The van der Waals surface area contributed by atoms with E-state index in [4.69, 9.17) is 9.47 Å². The summed E-state index contributed by atoms with van der Waals surface area (Å²) in [5.74, 6) is -0.584. The van der Waals surface area contributed by atoms with Gasteiger partial charge in [-0.1, -0.05) is 0 Å². The Bertz CT molecular complexity index is 778. The molecule has 3 rings (SSSR count). The molecule has 1 saturated heterocycles. The smallest absolute Gasteiger partial charge is 0.276 e. The summed E-state index contributed by atoms with van der Waals surface area (Å²) < 4.78 is 13.3. The number of anilines is 1. The first kappa shape index (κ1) is 18.1. The lowest BCUT2D eigenvalue weighted by molar-refractivity contribution is 0.0295. The summed E-state index contributed by atoms with van der Waals surface area (Å²) in [4.78, 5) is 27.1. The fourth-order valence-electron chi connectivity index (χ4n) is 2.73. The number of hydrogen-bond donors (Lipinski definition) is 1. The van der Waals surface area contributed by atoms with Crippen LogP contribution < -0.4 is 5.32 Å². The minimum atomic E-state index is -0.411. The number of carbonyl (C=O) groups is 2. The summed E-state index contributed by atoms with van der Waals surface area (Å²) >= 11 is 0. The summed E-state index contributed by atoms with van der Waals surface area (Å²) in [5, 5.41) is 11.1. The van der Waals surface area contributed by atoms with Crippen molar-refractivity contribution in [3.05, 3.63) is 29.8 Å². The summed E-state index contributed by atoms with van der Waals surface area (Å²) in [7, 11) is 1.55. The highest BCUT2D eigenvalue weighted by molar-refractivity contribution is 6.07. The van der Waals surface area contributed by atoms with E-state index in [2.05, 4.69) is 15.5 Å². The normalized spacial score (nSPS) is 14.5. The molecule has 2 amide bonds. The van der Waals surface area contributed by atoms with Gasteiger partial charge in [-0.05, 0) is 13.0 Å². The fraction of sp³-hybridized carbons (Fsp3) is 0.500. The molecule has 3 heterocycles. The van der Waals surface area contributed by atoms with Crippen LogP contribution in [0.4, 0.5) is 5.69 Å². The van der Waals surface area contributed by atoms with Crippen molar-refractivity contribution >= 4 is 17.5 Å². The SMILES string of the molecule is CCn1ncc(NC(=O)c2ccn(COC)n2)c1C(=O)N1CCOCC1. The number of carbonyl (C=O) groups excluding carboxylic acids is 2. The third kappa shape index (κ3) is 3.75. The Morgan fingerprint density at radius 2 is 2.12 bits per heavy atom. The van der Waals surface area contributed by atoms with Crippen LogP contribution >= 0.6 is 0 Å². The van der Waals surface area contributed by atoms with Crippen LogP contribution in [0.3, 0.4) is 0 Å². The molecule has 1 aliphatic rings. The Kier molecular flexibility index (Phi) is 5.64. The van der Waals surface area contributed by atoms with Gasteiger partial charge in [-0.15, -0.1) is 0 Å². The first-order chi connectivity index (χ1) is 12.6. The molecule has 1 aliphatic heterocycles. The zero-order valence-corrected chi connectivity index (χ0v) is 14.8. The van der Waals surface area contributed by atoms with Gasteiger partial charge >= 0.3 is 0 Å². The van der Waals surface area contributed by atoms with Crippen molar-refractivity contribution in [3.8, 4) is 0 Å². The van der Waals surface area contributed by atoms with E-state index in [-0.39, 0.29) is 18.3 Å². The first-order valence-electron chi connectivity index (χ1n) is 8.40. The number of hydrogen-bond acceptors (Lipinski definition) is 6. The van der Waals surface area contributed by atoms with E-state index in [1.807, 2.05) is 6.92 Å². The van der Waals surface area contributed by atoms with Crippen molar-refractivity contribution < 1.29 is 19.1 Å². The second-order valence-electron chi connectivity index (χ2n) is 5.74. The average Bonchev–Trinajstić information content (AvgIpc) is 3.29. The molecule has 140 valence electrons. The summed E-state index contributed by atoms with van der Waals surface area (Å²) in [6, 6.07) is 1.59. The summed E-state index contributed by atoms with van der Waals surface area (Å²) in [6.45, 7) is 4.70. The molecule has 0 radical (unpaired) electrons. The van der Waals surface area contributed by atoms with Crippen molar-refractivity contribution in [1.29, 1.82) is 0 Å². The van der Waals surface area contributed by atoms with Crippen LogP contribution in [0.1, 0.15) is 27.9 Å². The van der Waals surface area contributed by atoms with Gasteiger partial charge in [0.05, 0.1) is 25.1 Å². The van der Waals surface area contributed by atoms with Crippen LogP contribution in [0.25, 0.3) is 0 Å². The van der Waals surface area contributed by atoms with E-state index in [0.29, 0.717) is 44.2 Å². The molecular formula is C16H22N6O4. The zero-order valence-electron chi connectivity index (χ0n) is 14.8. The van der Waals surface area contributed by atoms with Gasteiger partial charge in [-0.2, -0.15) is 10.2 Å². The number of aryl methyl sites for hydroxylation is 1. The number of rotatable bonds is 6. The Hall–Kier alpha value is -2.72. The molecule has 0 unspecified atom stereocenters. The number of morpholine rings is 1. The van der Waals surface area contributed by atoms with Gasteiger partial charge in [0.15, 0.2) is 5.69 Å². The van der Waals surface area contributed by atoms with E-state index in [9.17, 15) is 9.59 Å². The molecule has 0 aliphatic carbocycles. The number of ether oxygens (including phenoxy) is 2. The van der Waals surface area contributed by atoms with E-state index < -0.39 is 5.91 Å². The summed E-state index contributed by atoms with van der Waals surface area (Å²) in [6.07, 6.45) is 3.13.